The molecule has 3 rings (SSSR count). The number of imide groups is 1. The van der Waals surface area contributed by atoms with Gasteiger partial charge in [-0.3, -0.25) is 14.5 Å². The number of halogens is 1. The van der Waals surface area contributed by atoms with Crippen LogP contribution in [-0.4, -0.2) is 29.9 Å². The molecule has 1 heterocycles. The molecule has 7 heteroatoms. The van der Waals surface area contributed by atoms with Gasteiger partial charge in [0.1, 0.15) is 24.1 Å². The first-order chi connectivity index (χ1) is 15.9. The van der Waals surface area contributed by atoms with Gasteiger partial charge in [-0.15, -0.1) is 6.58 Å². The van der Waals surface area contributed by atoms with Crippen LogP contribution in [0.3, 0.4) is 0 Å². The van der Waals surface area contributed by atoms with E-state index in [-0.39, 0.29) is 30.1 Å². The average Bonchev–Trinajstić information content (AvgIpc) is 2.80. The molecule has 0 saturated heterocycles. The highest BCUT2D eigenvalue weighted by atomic mass is 19.1. The summed E-state index contributed by atoms with van der Waals surface area (Å²) in [6, 6.07) is 13.3. The summed E-state index contributed by atoms with van der Waals surface area (Å²) in [5, 5.41) is 9.43. The molecule has 2 aromatic carbocycles. The van der Waals surface area contributed by atoms with Crippen LogP contribution in [-0.2, 0) is 16.2 Å². The number of carbonyl (C=O) groups is 2. The maximum Gasteiger partial charge on any atom is 0.271 e. The van der Waals surface area contributed by atoms with E-state index in [1.165, 1.54) is 12.1 Å². The lowest BCUT2D eigenvalue weighted by Crippen LogP contribution is -2.42. The Morgan fingerprint density at radius 1 is 1.12 bits per heavy atom. The number of hydrogen-bond donors (Lipinski definition) is 0. The van der Waals surface area contributed by atoms with E-state index in [1.54, 1.807) is 49.4 Å². The zero-order valence-corrected chi connectivity index (χ0v) is 18.4. The second-order valence-corrected chi connectivity index (χ2v) is 7.20. The van der Waals surface area contributed by atoms with Crippen LogP contribution in [0, 0.1) is 17.1 Å². The third kappa shape index (κ3) is 5.01. The first-order valence-corrected chi connectivity index (χ1v) is 10.3. The monoisotopic (exact) mass is 446 g/mol. The van der Waals surface area contributed by atoms with Crippen LogP contribution in [0.2, 0.25) is 0 Å². The molecule has 0 atom stereocenters. The Kier molecular flexibility index (Phi) is 7.42. The zero-order valence-electron chi connectivity index (χ0n) is 18.4. The predicted molar refractivity (Wildman–Crippen MR) is 122 cm³/mol. The van der Waals surface area contributed by atoms with Gasteiger partial charge < -0.3 is 9.47 Å². The Morgan fingerprint density at radius 3 is 2.55 bits per heavy atom. The lowest BCUT2D eigenvalue weighted by molar-refractivity contribution is -0.139. The summed E-state index contributed by atoms with van der Waals surface area (Å²) in [6.45, 7) is 7.36. The molecule has 0 saturated carbocycles. The van der Waals surface area contributed by atoms with Gasteiger partial charge in [0.05, 0.1) is 6.61 Å². The number of nitrogens with zero attached hydrogens (tertiary/aromatic N) is 2. The van der Waals surface area contributed by atoms with Crippen molar-refractivity contribution < 1.29 is 23.5 Å². The van der Waals surface area contributed by atoms with E-state index in [1.807, 2.05) is 13.0 Å². The van der Waals surface area contributed by atoms with Crippen molar-refractivity contribution in [1.82, 2.24) is 4.90 Å². The Balaban J connectivity index is 1.96. The summed E-state index contributed by atoms with van der Waals surface area (Å²) in [7, 11) is 0. The van der Waals surface area contributed by atoms with Crippen LogP contribution < -0.4 is 9.47 Å². The van der Waals surface area contributed by atoms with Crippen LogP contribution in [0.5, 0.6) is 11.5 Å². The Morgan fingerprint density at radius 2 is 1.88 bits per heavy atom. The third-order valence-electron chi connectivity index (χ3n) is 5.06. The number of amides is 2. The molecule has 6 nitrogen and oxygen atoms in total. The molecule has 0 radical (unpaired) electrons. The third-order valence-corrected chi connectivity index (χ3v) is 5.06. The van der Waals surface area contributed by atoms with Gasteiger partial charge in [0.25, 0.3) is 11.8 Å². The molecule has 0 fully saturated rings. The van der Waals surface area contributed by atoms with Crippen LogP contribution in [0.15, 0.2) is 71.8 Å². The van der Waals surface area contributed by atoms with Crippen LogP contribution in [0.4, 0.5) is 4.39 Å². The maximum absolute atomic E-state index is 13.9. The number of carbonyl (C=O) groups excluding carboxylic acids is 2. The summed E-state index contributed by atoms with van der Waals surface area (Å²) >= 11 is 0. The Hall–Kier alpha value is -4.18. The van der Waals surface area contributed by atoms with E-state index < -0.39 is 11.8 Å². The smallest absolute Gasteiger partial charge is 0.271 e. The van der Waals surface area contributed by atoms with Gasteiger partial charge in [-0.1, -0.05) is 30.3 Å². The highest BCUT2D eigenvalue weighted by Crippen LogP contribution is 2.32. The molecule has 0 spiro atoms. The van der Waals surface area contributed by atoms with E-state index >= 15 is 0 Å². The summed E-state index contributed by atoms with van der Waals surface area (Å²) in [5.74, 6) is -0.654. The van der Waals surface area contributed by atoms with Crippen LogP contribution in [0.25, 0.3) is 6.08 Å². The number of hydrogen-bond acceptors (Lipinski definition) is 5. The summed E-state index contributed by atoms with van der Waals surface area (Å²) in [6.07, 6.45) is 3.03. The van der Waals surface area contributed by atoms with Crippen molar-refractivity contribution >= 4 is 17.9 Å². The van der Waals surface area contributed by atoms with Gasteiger partial charge in [-0.25, -0.2) is 4.39 Å². The number of benzene rings is 2. The minimum atomic E-state index is -0.635. The molecule has 0 N–H and O–H groups in total. The molecular formula is C26H23FN2O4. The molecule has 1 aliphatic rings. The van der Waals surface area contributed by atoms with Gasteiger partial charge >= 0.3 is 0 Å². The van der Waals surface area contributed by atoms with Crippen LogP contribution >= 0.6 is 0 Å². The fraction of sp³-hybridized carbons (Fsp3) is 0.192. The quantitative estimate of drug-likeness (QED) is 0.337. The first-order valence-electron chi connectivity index (χ1n) is 10.3. The fourth-order valence-electron chi connectivity index (χ4n) is 3.36. The highest BCUT2D eigenvalue weighted by molar-refractivity contribution is 6.19. The molecule has 33 heavy (non-hydrogen) atoms. The van der Waals surface area contributed by atoms with Gasteiger partial charge in [0.15, 0.2) is 11.5 Å². The van der Waals surface area contributed by atoms with Crippen molar-refractivity contribution in [2.45, 2.75) is 20.5 Å². The molecule has 0 unspecified atom stereocenters. The van der Waals surface area contributed by atoms with Crippen molar-refractivity contribution in [2.24, 2.45) is 0 Å². The largest absolute Gasteiger partial charge is 0.490 e. The van der Waals surface area contributed by atoms with E-state index in [4.69, 9.17) is 9.47 Å². The van der Waals surface area contributed by atoms with E-state index in [9.17, 15) is 19.2 Å². The highest BCUT2D eigenvalue weighted by Gasteiger charge is 2.34. The maximum atomic E-state index is 13.9. The molecule has 168 valence electrons. The number of ether oxygens (including phenoxy) is 2. The minimum Gasteiger partial charge on any atom is -0.490 e. The Bertz CT molecular complexity index is 1210. The fourth-order valence-corrected chi connectivity index (χ4v) is 3.36. The van der Waals surface area contributed by atoms with Crippen molar-refractivity contribution in [1.29, 1.82) is 5.26 Å². The second-order valence-electron chi connectivity index (χ2n) is 7.20. The molecule has 1 aliphatic heterocycles. The zero-order chi connectivity index (χ0) is 24.0. The number of nitriles is 1. The Labute approximate surface area is 191 Å². The van der Waals surface area contributed by atoms with Crippen LogP contribution in [0.1, 0.15) is 25.0 Å². The summed E-state index contributed by atoms with van der Waals surface area (Å²) in [4.78, 5) is 26.4. The van der Waals surface area contributed by atoms with E-state index in [0.717, 1.165) is 4.90 Å². The van der Waals surface area contributed by atoms with Gasteiger partial charge in [-0.05, 0) is 49.3 Å². The van der Waals surface area contributed by atoms with E-state index in [0.29, 0.717) is 34.8 Å². The molecule has 2 amide bonds. The van der Waals surface area contributed by atoms with Crippen molar-refractivity contribution in [2.75, 3.05) is 13.2 Å². The molecule has 0 aliphatic carbocycles. The average molecular weight is 446 g/mol. The second kappa shape index (κ2) is 10.4. The topological polar surface area (TPSA) is 79.6 Å². The standard InChI is InChI=1S/C26H23FN2O4/c1-4-12-29-25(30)20(17(3)21(15-28)26(29)31)13-18-10-11-23(24(14-18)32-5-2)33-16-19-8-6-7-9-22(19)27/h4,6-11,13-14H,1,5,12,16H2,2-3H3/b20-13+. The SMILES string of the molecule is C=CCN1C(=O)C(C#N)=C(C)/C(=C\c2ccc(OCc3ccccc3F)c(OCC)c2)C1=O. The molecular weight excluding hydrogens is 423 g/mol. The first kappa shape index (κ1) is 23.5. The van der Waals surface area contributed by atoms with Crippen molar-refractivity contribution in [3.8, 4) is 17.6 Å². The predicted octanol–water partition coefficient (Wildman–Crippen LogP) is 4.58. The normalized spacial score (nSPS) is 15.0. The lowest BCUT2D eigenvalue weighted by Gasteiger charge is -2.26. The van der Waals surface area contributed by atoms with Gasteiger partial charge in [0, 0.05) is 17.7 Å². The summed E-state index contributed by atoms with van der Waals surface area (Å²) in [5.41, 5.74) is 1.49. The van der Waals surface area contributed by atoms with Gasteiger partial charge in [0.2, 0.25) is 0 Å². The van der Waals surface area contributed by atoms with Crippen molar-refractivity contribution in [3.63, 3.8) is 0 Å². The van der Waals surface area contributed by atoms with Gasteiger partial charge in [-0.2, -0.15) is 5.26 Å². The summed E-state index contributed by atoms with van der Waals surface area (Å²) < 4.78 is 25.4. The minimum absolute atomic E-state index is 0.000482. The molecule has 2 aromatic rings. The number of rotatable bonds is 8. The van der Waals surface area contributed by atoms with Crippen molar-refractivity contribution in [3.05, 3.63) is 88.8 Å². The molecule has 0 aromatic heterocycles. The van der Waals surface area contributed by atoms with E-state index in [2.05, 4.69) is 6.58 Å². The molecule has 0 bridgehead atoms. The lowest BCUT2D eigenvalue weighted by atomic mass is 9.93.